The Hall–Kier alpha value is -1.81. The van der Waals surface area contributed by atoms with Crippen LogP contribution in [0.15, 0.2) is 30.5 Å². The predicted octanol–water partition coefficient (Wildman–Crippen LogP) is 2.01. The number of H-pyrrole nitrogens is 1. The molecule has 4 heteroatoms. The van der Waals surface area contributed by atoms with Gasteiger partial charge in [0.15, 0.2) is 0 Å². The molecule has 102 valence electrons. The molecule has 0 bridgehead atoms. The molecular weight excluding hydrogens is 238 g/mol. The van der Waals surface area contributed by atoms with Crippen molar-refractivity contribution in [1.29, 1.82) is 0 Å². The Morgan fingerprint density at radius 2 is 2.11 bits per heavy atom. The Kier molecular flexibility index (Phi) is 4.22. The van der Waals surface area contributed by atoms with E-state index < -0.39 is 0 Å². The average molecular weight is 259 g/mol. The second kappa shape index (κ2) is 5.89. The van der Waals surface area contributed by atoms with Gasteiger partial charge in [0, 0.05) is 30.2 Å². The predicted molar refractivity (Wildman–Crippen MR) is 77.5 cm³/mol. The molecule has 4 nitrogen and oxygen atoms in total. The first-order valence-corrected chi connectivity index (χ1v) is 6.66. The minimum atomic E-state index is -0.120. The largest absolute Gasteiger partial charge is 0.361 e. The number of aromatic amines is 1. The van der Waals surface area contributed by atoms with Crippen LogP contribution in [0, 0.1) is 11.8 Å². The number of para-hydroxylation sites is 1. The number of nitrogens with one attached hydrogen (secondary N) is 2. The van der Waals surface area contributed by atoms with Crippen molar-refractivity contribution in [3.8, 4) is 0 Å². The Balaban J connectivity index is 2.04. The number of benzene rings is 1. The van der Waals surface area contributed by atoms with Gasteiger partial charge in [0.2, 0.25) is 5.91 Å². The summed E-state index contributed by atoms with van der Waals surface area (Å²) < 4.78 is 0. The Morgan fingerprint density at radius 3 is 2.79 bits per heavy atom. The van der Waals surface area contributed by atoms with E-state index in [1.165, 1.54) is 0 Å². The van der Waals surface area contributed by atoms with Gasteiger partial charge in [0.25, 0.3) is 0 Å². The van der Waals surface area contributed by atoms with Crippen LogP contribution in [-0.2, 0) is 11.3 Å². The first-order valence-electron chi connectivity index (χ1n) is 6.66. The zero-order valence-corrected chi connectivity index (χ0v) is 11.4. The molecule has 4 N–H and O–H groups in total. The van der Waals surface area contributed by atoms with Crippen LogP contribution in [0.4, 0.5) is 0 Å². The Morgan fingerprint density at radius 1 is 1.37 bits per heavy atom. The Bertz CT molecular complexity index is 559. The number of carbonyl (C=O) groups excluding carboxylic acids is 1. The van der Waals surface area contributed by atoms with Crippen molar-refractivity contribution in [1.82, 2.24) is 10.3 Å². The highest BCUT2D eigenvalue weighted by Crippen LogP contribution is 2.17. The second-order valence-corrected chi connectivity index (χ2v) is 5.16. The van der Waals surface area contributed by atoms with Crippen LogP contribution in [0.25, 0.3) is 10.9 Å². The first-order chi connectivity index (χ1) is 9.13. The third kappa shape index (κ3) is 2.96. The van der Waals surface area contributed by atoms with Crippen LogP contribution in [-0.4, -0.2) is 17.4 Å². The minimum Gasteiger partial charge on any atom is -0.361 e. The molecule has 2 aromatic rings. The van der Waals surface area contributed by atoms with Crippen molar-refractivity contribution in [3.63, 3.8) is 0 Å². The fraction of sp³-hybridized carbons (Fsp3) is 0.400. The Labute approximate surface area is 113 Å². The lowest BCUT2D eigenvalue weighted by molar-refractivity contribution is -0.126. The fourth-order valence-electron chi connectivity index (χ4n) is 2.27. The van der Waals surface area contributed by atoms with Gasteiger partial charge in [-0.05, 0) is 17.5 Å². The lowest BCUT2D eigenvalue weighted by Gasteiger charge is -2.18. The van der Waals surface area contributed by atoms with Crippen molar-refractivity contribution in [2.75, 3.05) is 6.54 Å². The number of fused-ring (bicyclic) bond motifs is 1. The van der Waals surface area contributed by atoms with E-state index in [1.54, 1.807) is 0 Å². The molecule has 1 unspecified atom stereocenters. The molecule has 0 saturated carbocycles. The van der Waals surface area contributed by atoms with Gasteiger partial charge in [-0.15, -0.1) is 0 Å². The zero-order chi connectivity index (χ0) is 13.8. The van der Waals surface area contributed by atoms with E-state index in [0.29, 0.717) is 13.1 Å². The van der Waals surface area contributed by atoms with E-state index in [-0.39, 0.29) is 17.7 Å². The summed E-state index contributed by atoms with van der Waals surface area (Å²) in [6, 6.07) is 8.07. The number of nitrogens with two attached hydrogens (primary N) is 1. The fourth-order valence-corrected chi connectivity index (χ4v) is 2.27. The third-order valence-corrected chi connectivity index (χ3v) is 3.52. The van der Waals surface area contributed by atoms with Crippen molar-refractivity contribution in [2.45, 2.75) is 20.4 Å². The number of rotatable bonds is 5. The topological polar surface area (TPSA) is 70.9 Å². The van der Waals surface area contributed by atoms with Crippen LogP contribution in [0.2, 0.25) is 0 Å². The number of carbonyl (C=O) groups is 1. The summed E-state index contributed by atoms with van der Waals surface area (Å²) in [6.07, 6.45) is 1.94. The van der Waals surface area contributed by atoms with Gasteiger partial charge >= 0.3 is 0 Å². The van der Waals surface area contributed by atoms with Crippen molar-refractivity contribution < 1.29 is 4.79 Å². The van der Waals surface area contributed by atoms with Crippen LogP contribution in [0.5, 0.6) is 0 Å². The molecule has 0 radical (unpaired) electrons. The lowest BCUT2D eigenvalue weighted by atomic mass is 9.95. The van der Waals surface area contributed by atoms with Crippen molar-refractivity contribution in [3.05, 3.63) is 36.0 Å². The van der Waals surface area contributed by atoms with Crippen LogP contribution in [0.3, 0.4) is 0 Å². The SMILES string of the molecule is CC(C)C(CN)C(=O)NCc1c[nH]c2ccccc12. The molecule has 1 amide bonds. The maximum atomic E-state index is 12.0. The van der Waals surface area contributed by atoms with E-state index in [4.69, 9.17) is 5.73 Å². The van der Waals surface area contributed by atoms with Crippen LogP contribution in [0.1, 0.15) is 19.4 Å². The zero-order valence-electron chi connectivity index (χ0n) is 11.4. The molecule has 1 aromatic carbocycles. The highest BCUT2D eigenvalue weighted by atomic mass is 16.1. The van der Waals surface area contributed by atoms with Gasteiger partial charge in [0.05, 0.1) is 5.92 Å². The highest BCUT2D eigenvalue weighted by molar-refractivity contribution is 5.84. The summed E-state index contributed by atoms with van der Waals surface area (Å²) in [5.41, 5.74) is 7.84. The smallest absolute Gasteiger partial charge is 0.224 e. The number of hydrogen-bond donors (Lipinski definition) is 3. The van der Waals surface area contributed by atoms with Gasteiger partial charge in [-0.1, -0.05) is 32.0 Å². The van der Waals surface area contributed by atoms with Crippen molar-refractivity contribution in [2.24, 2.45) is 17.6 Å². The summed E-state index contributed by atoms with van der Waals surface area (Å²) in [5.74, 6) is 0.168. The van der Waals surface area contributed by atoms with E-state index in [0.717, 1.165) is 16.5 Å². The molecule has 1 atom stereocenters. The molecule has 0 aliphatic heterocycles. The van der Waals surface area contributed by atoms with Gasteiger partial charge in [0.1, 0.15) is 0 Å². The van der Waals surface area contributed by atoms with Gasteiger partial charge in [-0.3, -0.25) is 4.79 Å². The maximum absolute atomic E-state index is 12.0. The average Bonchev–Trinajstić information content (AvgIpc) is 2.80. The summed E-state index contributed by atoms with van der Waals surface area (Å²) in [5, 5.41) is 4.12. The summed E-state index contributed by atoms with van der Waals surface area (Å²) in [6.45, 7) is 4.95. The maximum Gasteiger partial charge on any atom is 0.224 e. The molecular formula is C15H21N3O. The van der Waals surface area contributed by atoms with Gasteiger partial charge < -0.3 is 16.0 Å². The summed E-state index contributed by atoms with van der Waals surface area (Å²) >= 11 is 0. The molecule has 0 saturated heterocycles. The number of amides is 1. The number of aromatic nitrogens is 1. The normalized spacial score (nSPS) is 12.8. The quantitative estimate of drug-likeness (QED) is 0.768. The monoisotopic (exact) mass is 259 g/mol. The molecule has 2 rings (SSSR count). The van der Waals surface area contributed by atoms with Crippen molar-refractivity contribution >= 4 is 16.8 Å². The molecule has 0 fully saturated rings. The molecule has 1 heterocycles. The first kappa shape index (κ1) is 13.6. The standard InChI is InChI=1S/C15H21N3O/c1-10(2)13(7-16)15(19)18-9-11-8-17-14-6-4-3-5-12(11)14/h3-6,8,10,13,17H,7,9,16H2,1-2H3,(H,18,19). The molecule has 1 aromatic heterocycles. The van der Waals surface area contributed by atoms with E-state index in [9.17, 15) is 4.79 Å². The second-order valence-electron chi connectivity index (χ2n) is 5.16. The van der Waals surface area contributed by atoms with Crippen LogP contribution >= 0.6 is 0 Å². The van der Waals surface area contributed by atoms with Gasteiger partial charge in [-0.2, -0.15) is 0 Å². The van der Waals surface area contributed by atoms with Crippen LogP contribution < -0.4 is 11.1 Å². The summed E-state index contributed by atoms with van der Waals surface area (Å²) in [4.78, 5) is 15.2. The molecule has 19 heavy (non-hydrogen) atoms. The summed E-state index contributed by atoms with van der Waals surface area (Å²) in [7, 11) is 0. The third-order valence-electron chi connectivity index (χ3n) is 3.52. The minimum absolute atomic E-state index is 0.0304. The molecule has 0 spiro atoms. The van der Waals surface area contributed by atoms with Gasteiger partial charge in [-0.25, -0.2) is 0 Å². The van der Waals surface area contributed by atoms with E-state index >= 15 is 0 Å². The van der Waals surface area contributed by atoms with E-state index in [1.807, 2.05) is 38.2 Å². The molecule has 0 aliphatic rings. The van der Waals surface area contributed by atoms with E-state index in [2.05, 4.69) is 16.4 Å². The number of hydrogen-bond acceptors (Lipinski definition) is 2. The molecule has 0 aliphatic carbocycles. The lowest BCUT2D eigenvalue weighted by Crippen LogP contribution is -2.37. The highest BCUT2D eigenvalue weighted by Gasteiger charge is 2.20.